The lowest BCUT2D eigenvalue weighted by Gasteiger charge is -2.43. The highest BCUT2D eigenvalue weighted by atomic mass is 16.5. The normalized spacial score (nSPS) is 22.0. The van der Waals surface area contributed by atoms with Crippen molar-refractivity contribution >= 4 is 5.91 Å². The number of amides is 1. The summed E-state index contributed by atoms with van der Waals surface area (Å²) in [5.41, 5.74) is 4.29. The molecule has 2 aliphatic heterocycles. The van der Waals surface area contributed by atoms with Gasteiger partial charge in [0, 0.05) is 18.8 Å². The first kappa shape index (κ1) is 15.7. The Morgan fingerprint density at radius 3 is 2.80 bits per heavy atom. The van der Waals surface area contributed by atoms with Crippen LogP contribution in [0.5, 0.6) is 5.75 Å². The van der Waals surface area contributed by atoms with Crippen molar-refractivity contribution in [3.63, 3.8) is 0 Å². The standard InChI is InChI=1S/C19H21N3O3/c1-13-7-9-21-16(11-13)20-22-10-8-15(23)18(17(22)19(21)24)25-12-14-5-3-2-4-6-14/h2-6,8,10,13,16,20H,7,9,11-12H2,1H3. The van der Waals surface area contributed by atoms with E-state index in [0.29, 0.717) is 12.5 Å². The summed E-state index contributed by atoms with van der Waals surface area (Å²) in [5.74, 6) is 0.536. The van der Waals surface area contributed by atoms with Gasteiger partial charge in [-0.2, -0.15) is 0 Å². The maximum Gasteiger partial charge on any atom is 0.278 e. The van der Waals surface area contributed by atoms with Gasteiger partial charge in [-0.3, -0.25) is 14.3 Å². The molecule has 0 radical (unpaired) electrons. The second kappa shape index (κ2) is 6.27. The van der Waals surface area contributed by atoms with Crippen molar-refractivity contribution in [3.8, 4) is 5.75 Å². The summed E-state index contributed by atoms with van der Waals surface area (Å²) in [7, 11) is 0. The zero-order valence-electron chi connectivity index (χ0n) is 14.1. The Kier molecular flexibility index (Phi) is 3.95. The molecule has 0 bridgehead atoms. The molecule has 2 atom stereocenters. The summed E-state index contributed by atoms with van der Waals surface area (Å²) in [6.07, 6.45) is 3.45. The fourth-order valence-corrected chi connectivity index (χ4v) is 3.50. The van der Waals surface area contributed by atoms with E-state index in [4.69, 9.17) is 4.74 Å². The van der Waals surface area contributed by atoms with Gasteiger partial charge in [-0.25, -0.2) is 0 Å². The number of ether oxygens (including phenoxy) is 1. The SMILES string of the molecule is CC1CCN2C(=O)c3c(OCc4ccccc4)c(=O)ccn3NC2C1. The van der Waals surface area contributed by atoms with Crippen molar-refractivity contribution in [2.24, 2.45) is 5.92 Å². The minimum absolute atomic E-state index is 0.0341. The molecule has 6 nitrogen and oxygen atoms in total. The van der Waals surface area contributed by atoms with Crippen molar-refractivity contribution in [2.45, 2.75) is 32.5 Å². The van der Waals surface area contributed by atoms with Gasteiger partial charge in [0.2, 0.25) is 5.43 Å². The minimum Gasteiger partial charge on any atom is -0.482 e. The molecule has 130 valence electrons. The number of nitrogens with zero attached hydrogens (tertiary/aromatic N) is 2. The average Bonchev–Trinajstić information content (AvgIpc) is 2.62. The van der Waals surface area contributed by atoms with Crippen molar-refractivity contribution in [1.82, 2.24) is 9.58 Å². The van der Waals surface area contributed by atoms with E-state index in [0.717, 1.165) is 18.4 Å². The maximum absolute atomic E-state index is 13.0. The lowest BCUT2D eigenvalue weighted by atomic mass is 9.95. The summed E-state index contributed by atoms with van der Waals surface area (Å²) in [5, 5.41) is 0. The number of carbonyl (C=O) groups is 1. The molecule has 0 aliphatic carbocycles. The quantitative estimate of drug-likeness (QED) is 0.931. The van der Waals surface area contributed by atoms with E-state index in [2.05, 4.69) is 12.3 Å². The molecule has 1 N–H and O–H groups in total. The highest BCUT2D eigenvalue weighted by Gasteiger charge is 2.38. The van der Waals surface area contributed by atoms with Crippen molar-refractivity contribution < 1.29 is 9.53 Å². The van der Waals surface area contributed by atoms with Gasteiger partial charge in [-0.1, -0.05) is 37.3 Å². The molecule has 1 aromatic carbocycles. The number of piperidine rings is 1. The molecule has 6 heteroatoms. The van der Waals surface area contributed by atoms with Crippen LogP contribution < -0.4 is 15.6 Å². The van der Waals surface area contributed by atoms with Crippen LogP contribution in [0.3, 0.4) is 0 Å². The number of hydrogen-bond acceptors (Lipinski definition) is 4. The van der Waals surface area contributed by atoms with E-state index >= 15 is 0 Å². The van der Waals surface area contributed by atoms with Gasteiger partial charge < -0.3 is 15.1 Å². The molecule has 1 fully saturated rings. The van der Waals surface area contributed by atoms with Gasteiger partial charge in [0.1, 0.15) is 12.8 Å². The highest BCUT2D eigenvalue weighted by molar-refractivity contribution is 5.96. The fraction of sp³-hybridized carbons (Fsp3) is 0.368. The Morgan fingerprint density at radius 1 is 1.20 bits per heavy atom. The first-order valence-electron chi connectivity index (χ1n) is 8.63. The van der Waals surface area contributed by atoms with E-state index in [1.807, 2.05) is 35.2 Å². The molecular weight excluding hydrogens is 318 g/mol. The molecule has 0 saturated carbocycles. The van der Waals surface area contributed by atoms with Crippen LogP contribution in [-0.2, 0) is 6.61 Å². The van der Waals surface area contributed by atoms with Gasteiger partial charge in [0.25, 0.3) is 5.91 Å². The van der Waals surface area contributed by atoms with E-state index in [1.165, 1.54) is 6.07 Å². The third-order valence-corrected chi connectivity index (χ3v) is 4.90. The summed E-state index contributed by atoms with van der Waals surface area (Å²) < 4.78 is 7.41. The predicted octanol–water partition coefficient (Wildman–Crippen LogP) is 2.18. The van der Waals surface area contributed by atoms with Crippen molar-refractivity contribution in [3.05, 3.63) is 64.1 Å². The van der Waals surface area contributed by atoms with Crippen LogP contribution >= 0.6 is 0 Å². The van der Waals surface area contributed by atoms with Crippen LogP contribution in [0.4, 0.5) is 0 Å². The molecule has 4 rings (SSSR count). The molecule has 2 aliphatic rings. The Balaban J connectivity index is 1.67. The summed E-state index contributed by atoms with van der Waals surface area (Å²) in [4.78, 5) is 27.1. The predicted molar refractivity (Wildman–Crippen MR) is 94.1 cm³/mol. The van der Waals surface area contributed by atoms with Crippen LogP contribution in [0, 0.1) is 5.92 Å². The van der Waals surface area contributed by atoms with E-state index in [9.17, 15) is 9.59 Å². The Hall–Kier alpha value is -2.76. The van der Waals surface area contributed by atoms with E-state index in [-0.39, 0.29) is 35.6 Å². The Bertz CT molecular complexity index is 847. The lowest BCUT2D eigenvalue weighted by Crippen LogP contribution is -2.57. The molecule has 1 aromatic heterocycles. The number of nitrogens with one attached hydrogen (secondary N) is 1. The molecule has 1 amide bonds. The molecule has 25 heavy (non-hydrogen) atoms. The van der Waals surface area contributed by atoms with Crippen LogP contribution in [0.1, 0.15) is 35.8 Å². The Labute approximate surface area is 146 Å². The van der Waals surface area contributed by atoms with Crippen LogP contribution in [-0.4, -0.2) is 28.2 Å². The fourth-order valence-electron chi connectivity index (χ4n) is 3.50. The summed E-state index contributed by atoms with van der Waals surface area (Å²) in [6, 6.07) is 11.0. The first-order chi connectivity index (χ1) is 12.1. The van der Waals surface area contributed by atoms with Crippen LogP contribution in [0.15, 0.2) is 47.4 Å². The molecule has 0 spiro atoms. The molecule has 1 saturated heterocycles. The van der Waals surface area contributed by atoms with Crippen LogP contribution in [0.25, 0.3) is 0 Å². The minimum atomic E-state index is -0.277. The van der Waals surface area contributed by atoms with Gasteiger partial charge in [0.15, 0.2) is 11.4 Å². The number of rotatable bonds is 3. The number of aromatic nitrogens is 1. The maximum atomic E-state index is 13.0. The third-order valence-electron chi connectivity index (χ3n) is 4.90. The number of hydrogen-bond donors (Lipinski definition) is 1. The van der Waals surface area contributed by atoms with Crippen LogP contribution in [0.2, 0.25) is 0 Å². The Morgan fingerprint density at radius 2 is 2.00 bits per heavy atom. The molecule has 2 aromatic rings. The second-order valence-electron chi connectivity index (χ2n) is 6.77. The zero-order chi connectivity index (χ0) is 17.4. The van der Waals surface area contributed by atoms with Gasteiger partial charge in [-0.15, -0.1) is 0 Å². The highest BCUT2D eigenvalue weighted by Crippen LogP contribution is 2.28. The molecule has 3 heterocycles. The van der Waals surface area contributed by atoms with Gasteiger partial charge in [-0.05, 0) is 24.3 Å². The number of pyridine rings is 1. The lowest BCUT2D eigenvalue weighted by molar-refractivity contribution is 0.0514. The third kappa shape index (κ3) is 2.88. The topological polar surface area (TPSA) is 63.6 Å². The number of fused-ring (bicyclic) bond motifs is 2. The number of benzene rings is 1. The molecular formula is C19H21N3O3. The first-order valence-corrected chi connectivity index (χ1v) is 8.63. The van der Waals surface area contributed by atoms with E-state index in [1.54, 1.807) is 10.9 Å². The van der Waals surface area contributed by atoms with Crippen molar-refractivity contribution in [2.75, 3.05) is 12.0 Å². The number of carbonyl (C=O) groups excluding carboxylic acids is 1. The zero-order valence-corrected chi connectivity index (χ0v) is 14.1. The summed E-state index contributed by atoms with van der Waals surface area (Å²) in [6.45, 7) is 3.14. The smallest absolute Gasteiger partial charge is 0.278 e. The van der Waals surface area contributed by atoms with Gasteiger partial charge >= 0.3 is 0 Å². The largest absolute Gasteiger partial charge is 0.482 e. The average molecular weight is 339 g/mol. The van der Waals surface area contributed by atoms with Gasteiger partial charge in [0.05, 0.1) is 0 Å². The van der Waals surface area contributed by atoms with E-state index < -0.39 is 0 Å². The summed E-state index contributed by atoms with van der Waals surface area (Å²) >= 11 is 0. The van der Waals surface area contributed by atoms with Crippen molar-refractivity contribution in [1.29, 1.82) is 0 Å². The molecule has 2 unspecified atom stereocenters. The second-order valence-corrected chi connectivity index (χ2v) is 6.77. The monoisotopic (exact) mass is 339 g/mol.